The molecule has 0 atom stereocenters. The molecule has 0 unspecified atom stereocenters. The summed E-state index contributed by atoms with van der Waals surface area (Å²) in [6.07, 6.45) is 4.10. The van der Waals surface area contributed by atoms with E-state index in [4.69, 9.17) is 0 Å². The van der Waals surface area contributed by atoms with Gasteiger partial charge >= 0.3 is 0 Å². The van der Waals surface area contributed by atoms with Crippen LogP contribution in [0.5, 0.6) is 5.75 Å². The number of aliphatic hydroxyl groups excluding tert-OH is 1. The molecule has 0 aliphatic carbocycles. The number of rotatable bonds is 4. The molecule has 2 aromatic rings. The first kappa shape index (κ1) is 18.3. The highest BCUT2D eigenvalue weighted by Crippen LogP contribution is 2.34. The average Bonchev–Trinajstić information content (AvgIpc) is 3.20. The number of likely N-dealkylation sites (tertiary alicyclic amines) is 2. The zero-order valence-electron chi connectivity index (χ0n) is 15.7. The van der Waals surface area contributed by atoms with Crippen LogP contribution in [0.4, 0.5) is 0 Å². The highest BCUT2D eigenvalue weighted by Gasteiger charge is 2.37. The minimum absolute atomic E-state index is 0.0368. The summed E-state index contributed by atoms with van der Waals surface area (Å²) in [5.74, 6) is -0.0827. The number of hydrogen-bond donors (Lipinski definition) is 2. The van der Waals surface area contributed by atoms with Crippen molar-refractivity contribution in [3.63, 3.8) is 0 Å². The molecule has 5 nitrogen and oxygen atoms in total. The van der Waals surface area contributed by atoms with Crippen molar-refractivity contribution in [3.05, 3.63) is 42.0 Å². The number of phenols is 1. The van der Waals surface area contributed by atoms with Crippen LogP contribution in [0.3, 0.4) is 0 Å². The van der Waals surface area contributed by atoms with E-state index in [1.54, 1.807) is 12.1 Å². The lowest BCUT2D eigenvalue weighted by molar-refractivity contribution is 0.0178. The lowest BCUT2D eigenvalue weighted by Gasteiger charge is -2.42. The molecular weight excluding hydrogens is 340 g/mol. The number of nitrogens with zero attached hydrogens (tertiary/aromatic N) is 2. The van der Waals surface area contributed by atoms with Gasteiger partial charge in [0.15, 0.2) is 0 Å². The number of piperidine rings is 1. The molecule has 0 radical (unpaired) electrons. The summed E-state index contributed by atoms with van der Waals surface area (Å²) in [5.41, 5.74) is 0.261. The SMILES string of the molecule is O=C(c1cc2ccccc2cc1O)N1CCC(CO)(CN2CCCC2)CC1. The second-order valence-corrected chi connectivity index (χ2v) is 8.15. The van der Waals surface area contributed by atoms with Crippen LogP contribution in [-0.4, -0.2) is 65.3 Å². The van der Waals surface area contributed by atoms with Crippen molar-refractivity contribution in [3.8, 4) is 5.75 Å². The number of fused-ring (bicyclic) bond motifs is 1. The summed E-state index contributed by atoms with van der Waals surface area (Å²) < 4.78 is 0. The molecule has 2 heterocycles. The first-order chi connectivity index (χ1) is 13.1. The van der Waals surface area contributed by atoms with Crippen molar-refractivity contribution < 1.29 is 15.0 Å². The molecule has 1 amide bonds. The van der Waals surface area contributed by atoms with Crippen LogP contribution in [0.2, 0.25) is 0 Å². The molecule has 27 heavy (non-hydrogen) atoms. The third-order valence-electron chi connectivity index (χ3n) is 6.30. The summed E-state index contributed by atoms with van der Waals surface area (Å²) >= 11 is 0. The minimum atomic E-state index is -0.119. The molecule has 2 aliphatic heterocycles. The Kier molecular flexibility index (Phi) is 5.06. The average molecular weight is 368 g/mol. The Balaban J connectivity index is 1.47. The Labute approximate surface area is 160 Å². The smallest absolute Gasteiger partial charge is 0.257 e. The molecule has 5 heteroatoms. The standard InChI is InChI=1S/C22H28N2O3/c25-16-22(15-23-9-3-4-10-23)7-11-24(12-8-22)21(27)19-13-17-5-1-2-6-18(17)14-20(19)26/h1-2,5-6,13-14,25-26H,3-4,7-12,15-16H2. The molecule has 4 rings (SSSR count). The van der Waals surface area contributed by atoms with Crippen LogP contribution in [0.1, 0.15) is 36.0 Å². The van der Waals surface area contributed by atoms with Crippen LogP contribution >= 0.6 is 0 Å². The van der Waals surface area contributed by atoms with E-state index in [1.807, 2.05) is 29.2 Å². The Hall–Kier alpha value is -2.11. The van der Waals surface area contributed by atoms with Crippen LogP contribution < -0.4 is 0 Å². The zero-order chi connectivity index (χ0) is 18.9. The maximum absolute atomic E-state index is 13.0. The van der Waals surface area contributed by atoms with E-state index in [2.05, 4.69) is 4.90 Å². The van der Waals surface area contributed by atoms with Crippen molar-refractivity contribution in [2.45, 2.75) is 25.7 Å². The predicted octanol–water partition coefficient (Wildman–Crippen LogP) is 2.86. The van der Waals surface area contributed by atoms with Gasteiger partial charge in [-0.05, 0) is 61.7 Å². The maximum atomic E-state index is 13.0. The number of aromatic hydroxyl groups is 1. The molecule has 0 aromatic heterocycles. The van der Waals surface area contributed by atoms with E-state index in [0.29, 0.717) is 18.7 Å². The first-order valence-electron chi connectivity index (χ1n) is 9.94. The number of carbonyl (C=O) groups excluding carboxylic acids is 1. The number of carbonyl (C=O) groups is 1. The van der Waals surface area contributed by atoms with Gasteiger partial charge in [-0.15, -0.1) is 0 Å². The number of phenolic OH excluding ortho intramolecular Hbond substituents is 1. The largest absolute Gasteiger partial charge is 0.507 e. The molecule has 2 fully saturated rings. The summed E-state index contributed by atoms with van der Waals surface area (Å²) in [4.78, 5) is 17.3. The summed E-state index contributed by atoms with van der Waals surface area (Å²) in [5, 5.41) is 22.3. The quantitative estimate of drug-likeness (QED) is 0.871. The number of aliphatic hydroxyl groups is 1. The van der Waals surface area contributed by atoms with E-state index in [0.717, 1.165) is 43.2 Å². The number of benzene rings is 2. The fourth-order valence-electron chi connectivity index (χ4n) is 4.54. The summed E-state index contributed by atoms with van der Waals surface area (Å²) in [7, 11) is 0. The molecule has 2 aromatic carbocycles. The van der Waals surface area contributed by atoms with Crippen molar-refractivity contribution >= 4 is 16.7 Å². The van der Waals surface area contributed by atoms with Crippen LogP contribution in [0.15, 0.2) is 36.4 Å². The lowest BCUT2D eigenvalue weighted by atomic mass is 9.78. The van der Waals surface area contributed by atoms with Gasteiger partial charge in [0.25, 0.3) is 5.91 Å². The fourth-order valence-corrected chi connectivity index (χ4v) is 4.54. The molecule has 2 saturated heterocycles. The van der Waals surface area contributed by atoms with Gasteiger partial charge in [-0.2, -0.15) is 0 Å². The Morgan fingerprint density at radius 2 is 1.63 bits per heavy atom. The first-order valence-corrected chi connectivity index (χ1v) is 9.94. The molecular formula is C22H28N2O3. The van der Waals surface area contributed by atoms with Gasteiger partial charge < -0.3 is 20.0 Å². The second kappa shape index (κ2) is 7.49. The molecule has 0 saturated carbocycles. The Morgan fingerprint density at radius 1 is 1.00 bits per heavy atom. The molecule has 0 spiro atoms. The fraction of sp³-hybridized carbons (Fsp3) is 0.500. The summed E-state index contributed by atoms with van der Waals surface area (Å²) in [6, 6.07) is 11.2. The van der Waals surface area contributed by atoms with Crippen LogP contribution in [0, 0.1) is 5.41 Å². The normalized spacial score (nSPS) is 20.3. The van der Waals surface area contributed by atoms with E-state index < -0.39 is 0 Å². The van der Waals surface area contributed by atoms with Gasteiger partial charge in [0.05, 0.1) is 12.2 Å². The van der Waals surface area contributed by atoms with Gasteiger partial charge in [0.1, 0.15) is 5.75 Å². The van der Waals surface area contributed by atoms with Gasteiger partial charge in [-0.1, -0.05) is 24.3 Å². The van der Waals surface area contributed by atoms with Crippen LogP contribution in [-0.2, 0) is 0 Å². The predicted molar refractivity (Wildman–Crippen MR) is 106 cm³/mol. The third-order valence-corrected chi connectivity index (χ3v) is 6.30. The van der Waals surface area contributed by atoms with Crippen LogP contribution in [0.25, 0.3) is 10.8 Å². The Morgan fingerprint density at radius 3 is 2.26 bits per heavy atom. The van der Waals surface area contributed by atoms with E-state index in [-0.39, 0.29) is 23.7 Å². The highest BCUT2D eigenvalue weighted by atomic mass is 16.3. The molecule has 144 valence electrons. The van der Waals surface area contributed by atoms with Gasteiger partial charge in [-0.3, -0.25) is 4.79 Å². The van der Waals surface area contributed by atoms with E-state index in [9.17, 15) is 15.0 Å². The molecule has 2 aliphatic rings. The second-order valence-electron chi connectivity index (χ2n) is 8.15. The Bertz CT molecular complexity index is 821. The van der Waals surface area contributed by atoms with Gasteiger partial charge in [-0.25, -0.2) is 0 Å². The van der Waals surface area contributed by atoms with Crippen molar-refractivity contribution in [2.75, 3.05) is 39.3 Å². The maximum Gasteiger partial charge on any atom is 0.257 e. The van der Waals surface area contributed by atoms with Gasteiger partial charge in [0, 0.05) is 25.0 Å². The highest BCUT2D eigenvalue weighted by molar-refractivity contribution is 6.01. The van der Waals surface area contributed by atoms with Crippen molar-refractivity contribution in [1.29, 1.82) is 0 Å². The number of hydrogen-bond acceptors (Lipinski definition) is 4. The van der Waals surface area contributed by atoms with Crippen molar-refractivity contribution in [2.24, 2.45) is 5.41 Å². The minimum Gasteiger partial charge on any atom is -0.507 e. The zero-order valence-corrected chi connectivity index (χ0v) is 15.7. The number of amides is 1. The van der Waals surface area contributed by atoms with Gasteiger partial charge in [0.2, 0.25) is 0 Å². The topological polar surface area (TPSA) is 64.0 Å². The van der Waals surface area contributed by atoms with E-state index >= 15 is 0 Å². The molecule has 2 N–H and O–H groups in total. The van der Waals surface area contributed by atoms with Crippen molar-refractivity contribution in [1.82, 2.24) is 9.80 Å². The molecule has 0 bridgehead atoms. The monoisotopic (exact) mass is 368 g/mol. The lowest BCUT2D eigenvalue weighted by Crippen LogP contribution is -2.49. The third kappa shape index (κ3) is 3.66. The van der Waals surface area contributed by atoms with E-state index in [1.165, 1.54) is 12.8 Å². The summed E-state index contributed by atoms with van der Waals surface area (Å²) in [6.45, 7) is 4.59.